The molecule has 2 aliphatic rings. The van der Waals surface area contributed by atoms with Crippen LogP contribution in [-0.2, 0) is 0 Å². The Kier molecular flexibility index (Phi) is 2.78. The molecule has 2 atom stereocenters. The van der Waals surface area contributed by atoms with Crippen LogP contribution in [0.25, 0.3) is 5.57 Å². The summed E-state index contributed by atoms with van der Waals surface area (Å²) in [5.74, 6) is 0.808. The quantitative estimate of drug-likeness (QED) is 0.805. The van der Waals surface area contributed by atoms with E-state index in [1.807, 2.05) is 12.3 Å². The minimum absolute atomic E-state index is 0.521. The van der Waals surface area contributed by atoms with E-state index < -0.39 is 0 Å². The molecule has 0 radical (unpaired) electrons. The summed E-state index contributed by atoms with van der Waals surface area (Å²) in [4.78, 5) is 4.25. The van der Waals surface area contributed by atoms with Crippen LogP contribution >= 0.6 is 27.5 Å². The molecule has 2 nitrogen and oxygen atoms in total. The smallest absolute Gasteiger partial charge is 0.124 e. The molecule has 84 valence electrons. The predicted octanol–water partition coefficient (Wildman–Crippen LogP) is 3.26. The normalized spacial score (nSPS) is 28.0. The molecule has 0 bridgehead atoms. The molecule has 0 amide bonds. The molecule has 1 aliphatic heterocycles. The highest BCUT2D eigenvalue weighted by molar-refractivity contribution is 9.10. The Labute approximate surface area is 108 Å². The number of fused-ring (bicyclic) bond motifs is 1. The van der Waals surface area contributed by atoms with Crippen molar-refractivity contribution in [3.05, 3.63) is 33.5 Å². The first-order chi connectivity index (χ1) is 7.75. The third-order valence-corrected chi connectivity index (χ3v) is 4.59. The molecule has 1 saturated heterocycles. The summed E-state index contributed by atoms with van der Waals surface area (Å²) in [5, 5.41) is 4.16. The maximum atomic E-state index is 6.08. The number of hydrogen-bond acceptors (Lipinski definition) is 2. The monoisotopic (exact) mass is 298 g/mol. The molecule has 2 heterocycles. The van der Waals surface area contributed by atoms with Crippen molar-refractivity contribution in [1.29, 1.82) is 0 Å². The fraction of sp³-hybridized carbons (Fsp3) is 0.417. The summed E-state index contributed by atoms with van der Waals surface area (Å²) in [6.07, 6.45) is 6.68. The summed E-state index contributed by atoms with van der Waals surface area (Å²) in [7, 11) is 0. The van der Waals surface area contributed by atoms with Crippen LogP contribution in [0.5, 0.6) is 0 Å². The zero-order valence-corrected chi connectivity index (χ0v) is 11.1. The van der Waals surface area contributed by atoms with Crippen LogP contribution in [0.4, 0.5) is 0 Å². The summed E-state index contributed by atoms with van der Waals surface area (Å²) in [5.41, 5.74) is 2.51. The molecule has 3 rings (SSSR count). The standard InChI is InChI=1S/C12H12BrClN2/c13-12-10(14)4-8(6-16-12)9-3-1-2-7-5-15-11(7)9/h3-4,6-7,11,15H,1-2,5H2. The van der Waals surface area contributed by atoms with E-state index in [1.165, 1.54) is 18.4 Å². The number of allylic oxidation sites excluding steroid dienone is 1. The van der Waals surface area contributed by atoms with Crippen molar-refractivity contribution in [2.45, 2.75) is 18.9 Å². The van der Waals surface area contributed by atoms with Crippen molar-refractivity contribution >= 4 is 33.1 Å². The Morgan fingerprint density at radius 1 is 1.50 bits per heavy atom. The van der Waals surface area contributed by atoms with Crippen LogP contribution in [0.2, 0.25) is 5.02 Å². The lowest BCUT2D eigenvalue weighted by molar-refractivity contribution is 0.262. The van der Waals surface area contributed by atoms with E-state index in [1.54, 1.807) is 0 Å². The van der Waals surface area contributed by atoms with Gasteiger partial charge in [-0.25, -0.2) is 4.98 Å². The van der Waals surface area contributed by atoms with E-state index in [-0.39, 0.29) is 0 Å². The number of pyridine rings is 1. The molecule has 1 aromatic heterocycles. The Balaban J connectivity index is 1.96. The summed E-state index contributed by atoms with van der Waals surface area (Å²) in [6, 6.07) is 2.51. The molecule has 2 unspecified atom stereocenters. The Morgan fingerprint density at radius 2 is 2.38 bits per heavy atom. The lowest BCUT2D eigenvalue weighted by Gasteiger charge is -2.42. The average Bonchev–Trinajstić information content (AvgIpc) is 2.24. The first-order valence-electron chi connectivity index (χ1n) is 5.50. The number of halogens is 2. The molecule has 1 N–H and O–H groups in total. The van der Waals surface area contributed by atoms with Crippen molar-refractivity contribution in [3.63, 3.8) is 0 Å². The highest BCUT2D eigenvalue weighted by Gasteiger charge is 2.35. The van der Waals surface area contributed by atoms with E-state index in [2.05, 4.69) is 32.3 Å². The Bertz CT molecular complexity index is 458. The van der Waals surface area contributed by atoms with E-state index in [9.17, 15) is 0 Å². The van der Waals surface area contributed by atoms with Gasteiger partial charge in [-0.3, -0.25) is 0 Å². The third kappa shape index (κ3) is 1.71. The van der Waals surface area contributed by atoms with Gasteiger partial charge in [0.05, 0.1) is 5.02 Å². The van der Waals surface area contributed by atoms with E-state index in [0.717, 1.165) is 18.0 Å². The Morgan fingerprint density at radius 3 is 3.06 bits per heavy atom. The van der Waals surface area contributed by atoms with Crippen LogP contribution in [0.3, 0.4) is 0 Å². The summed E-state index contributed by atoms with van der Waals surface area (Å²) >= 11 is 9.39. The van der Waals surface area contributed by atoms with Crippen molar-refractivity contribution in [2.24, 2.45) is 5.92 Å². The average molecular weight is 300 g/mol. The lowest BCUT2D eigenvalue weighted by atomic mass is 9.76. The lowest BCUT2D eigenvalue weighted by Crippen LogP contribution is -2.54. The SMILES string of the molecule is Clc1cc(C2=CCCC3CNC23)cnc1Br. The van der Waals surface area contributed by atoms with Crippen LogP contribution in [0, 0.1) is 5.92 Å². The fourth-order valence-corrected chi connectivity index (χ4v) is 2.87. The number of rotatable bonds is 1. The first-order valence-corrected chi connectivity index (χ1v) is 6.67. The van der Waals surface area contributed by atoms with Gasteiger partial charge in [0.2, 0.25) is 0 Å². The van der Waals surface area contributed by atoms with Gasteiger partial charge < -0.3 is 5.32 Å². The van der Waals surface area contributed by atoms with Gasteiger partial charge in [-0.15, -0.1) is 0 Å². The molecule has 1 fully saturated rings. The molecule has 0 spiro atoms. The minimum atomic E-state index is 0.521. The number of nitrogens with one attached hydrogen (secondary N) is 1. The van der Waals surface area contributed by atoms with Crippen molar-refractivity contribution in [2.75, 3.05) is 6.54 Å². The molecule has 16 heavy (non-hydrogen) atoms. The van der Waals surface area contributed by atoms with Gasteiger partial charge in [0.1, 0.15) is 4.60 Å². The predicted molar refractivity (Wildman–Crippen MR) is 69.4 cm³/mol. The second-order valence-electron chi connectivity index (χ2n) is 4.38. The van der Waals surface area contributed by atoms with Crippen LogP contribution in [0.1, 0.15) is 18.4 Å². The van der Waals surface area contributed by atoms with E-state index in [0.29, 0.717) is 15.7 Å². The second-order valence-corrected chi connectivity index (χ2v) is 5.54. The van der Waals surface area contributed by atoms with Gasteiger partial charge >= 0.3 is 0 Å². The molecule has 4 heteroatoms. The zero-order chi connectivity index (χ0) is 11.1. The topological polar surface area (TPSA) is 24.9 Å². The molecule has 1 aromatic rings. The summed E-state index contributed by atoms with van der Waals surface area (Å²) < 4.78 is 0.715. The maximum absolute atomic E-state index is 6.08. The Hall–Kier alpha value is -0.380. The van der Waals surface area contributed by atoms with Crippen molar-refractivity contribution in [3.8, 4) is 0 Å². The number of hydrogen-bond donors (Lipinski definition) is 1. The minimum Gasteiger partial charge on any atom is -0.309 e. The first kappa shape index (κ1) is 10.8. The molecule has 0 aromatic carbocycles. The summed E-state index contributed by atoms with van der Waals surface area (Å²) in [6.45, 7) is 1.15. The van der Waals surface area contributed by atoms with Gasteiger partial charge in [0.25, 0.3) is 0 Å². The van der Waals surface area contributed by atoms with Gasteiger partial charge in [0.15, 0.2) is 0 Å². The van der Waals surface area contributed by atoms with Crippen LogP contribution in [-0.4, -0.2) is 17.6 Å². The van der Waals surface area contributed by atoms with Gasteiger partial charge in [0, 0.05) is 18.8 Å². The number of nitrogens with zero attached hydrogens (tertiary/aromatic N) is 1. The molecular weight excluding hydrogens is 288 g/mol. The molecule has 0 saturated carbocycles. The largest absolute Gasteiger partial charge is 0.309 e. The van der Waals surface area contributed by atoms with Gasteiger partial charge in [-0.05, 0) is 51.9 Å². The second kappa shape index (κ2) is 4.13. The molecule has 1 aliphatic carbocycles. The van der Waals surface area contributed by atoms with E-state index >= 15 is 0 Å². The highest BCUT2D eigenvalue weighted by atomic mass is 79.9. The van der Waals surface area contributed by atoms with Gasteiger partial charge in [-0.1, -0.05) is 17.7 Å². The fourth-order valence-electron chi connectivity index (χ4n) is 2.49. The van der Waals surface area contributed by atoms with Gasteiger partial charge in [-0.2, -0.15) is 0 Å². The molecular formula is C12H12BrClN2. The van der Waals surface area contributed by atoms with Crippen molar-refractivity contribution in [1.82, 2.24) is 10.3 Å². The van der Waals surface area contributed by atoms with E-state index in [4.69, 9.17) is 11.6 Å². The maximum Gasteiger partial charge on any atom is 0.124 e. The number of aromatic nitrogens is 1. The zero-order valence-electron chi connectivity index (χ0n) is 8.71. The van der Waals surface area contributed by atoms with Crippen molar-refractivity contribution < 1.29 is 0 Å². The van der Waals surface area contributed by atoms with Crippen LogP contribution < -0.4 is 5.32 Å². The third-order valence-electron chi connectivity index (χ3n) is 3.44. The highest BCUT2D eigenvalue weighted by Crippen LogP contribution is 2.36. The van der Waals surface area contributed by atoms with Crippen LogP contribution in [0.15, 0.2) is 22.9 Å².